The number of sulfonamides is 1. The minimum Gasteiger partial charge on any atom is -0.465 e. The summed E-state index contributed by atoms with van der Waals surface area (Å²) in [5.41, 5.74) is 1.77. The molecule has 1 aliphatic rings. The van der Waals surface area contributed by atoms with Gasteiger partial charge in [-0.2, -0.15) is 4.31 Å². The second kappa shape index (κ2) is 8.88. The molecular formula is C24H26N2O5S. The second-order valence-electron chi connectivity index (χ2n) is 8.19. The minimum absolute atomic E-state index is 0.0131. The lowest BCUT2D eigenvalue weighted by molar-refractivity contribution is 0.0596. The molecule has 0 aliphatic heterocycles. The summed E-state index contributed by atoms with van der Waals surface area (Å²) in [6, 6.07) is 13.3. The molecule has 1 aromatic heterocycles. The van der Waals surface area contributed by atoms with Crippen molar-refractivity contribution >= 4 is 26.9 Å². The molecule has 1 saturated carbocycles. The molecule has 2 aromatic carbocycles. The fraction of sp³-hybridized carbons (Fsp3) is 0.333. The highest BCUT2D eigenvalue weighted by Crippen LogP contribution is 2.31. The molecule has 1 N–H and O–H groups in total. The Labute approximate surface area is 187 Å². The summed E-state index contributed by atoms with van der Waals surface area (Å²) in [6.07, 6.45) is 3.26. The molecule has 3 aromatic rings. The average Bonchev–Trinajstić information content (AvgIpc) is 3.31. The van der Waals surface area contributed by atoms with Crippen LogP contribution in [0.2, 0.25) is 0 Å². The van der Waals surface area contributed by atoms with Gasteiger partial charge in [-0.3, -0.25) is 4.79 Å². The highest BCUT2D eigenvalue weighted by Gasteiger charge is 2.36. The maximum absolute atomic E-state index is 13.8. The van der Waals surface area contributed by atoms with Crippen molar-refractivity contribution in [2.45, 2.75) is 50.1 Å². The van der Waals surface area contributed by atoms with Crippen molar-refractivity contribution in [1.82, 2.24) is 9.29 Å². The van der Waals surface area contributed by atoms with Gasteiger partial charge in [0.2, 0.25) is 10.0 Å². The predicted molar refractivity (Wildman–Crippen MR) is 122 cm³/mol. The van der Waals surface area contributed by atoms with Gasteiger partial charge < -0.3 is 9.72 Å². The van der Waals surface area contributed by atoms with Crippen molar-refractivity contribution in [3.63, 3.8) is 0 Å². The Morgan fingerprint density at radius 1 is 1.12 bits per heavy atom. The van der Waals surface area contributed by atoms with Crippen LogP contribution in [0.1, 0.15) is 47.2 Å². The van der Waals surface area contributed by atoms with E-state index in [1.807, 2.05) is 25.1 Å². The van der Waals surface area contributed by atoms with E-state index in [4.69, 9.17) is 4.74 Å². The SMILES string of the molecule is COC(=O)c1ccccc1S(=O)(=O)N(Cc1cc2ccc(C)cc2[nH]c1=O)C1CCCC1. The third-order valence-corrected chi connectivity index (χ3v) is 7.97. The Hall–Kier alpha value is -2.97. The van der Waals surface area contributed by atoms with Gasteiger partial charge in [-0.25, -0.2) is 13.2 Å². The van der Waals surface area contributed by atoms with E-state index < -0.39 is 16.0 Å². The molecule has 0 spiro atoms. The zero-order chi connectivity index (χ0) is 22.9. The molecule has 7 nitrogen and oxygen atoms in total. The van der Waals surface area contributed by atoms with E-state index >= 15 is 0 Å². The number of methoxy groups -OCH3 is 1. The number of aromatic amines is 1. The van der Waals surface area contributed by atoms with Crippen LogP contribution in [0.5, 0.6) is 0 Å². The number of fused-ring (bicyclic) bond motifs is 1. The van der Waals surface area contributed by atoms with Gasteiger partial charge in [-0.1, -0.05) is 37.1 Å². The summed E-state index contributed by atoms with van der Waals surface area (Å²) >= 11 is 0. The van der Waals surface area contributed by atoms with Gasteiger partial charge in [0.25, 0.3) is 5.56 Å². The number of rotatable bonds is 6. The topological polar surface area (TPSA) is 96.5 Å². The van der Waals surface area contributed by atoms with E-state index in [0.717, 1.165) is 23.8 Å². The van der Waals surface area contributed by atoms with Crippen LogP contribution in [0.15, 0.2) is 58.2 Å². The number of carbonyl (C=O) groups excluding carboxylic acids is 1. The number of nitrogens with one attached hydrogen (secondary N) is 1. The first kappa shape index (κ1) is 22.2. The molecule has 0 radical (unpaired) electrons. The molecule has 0 atom stereocenters. The van der Waals surface area contributed by atoms with Crippen molar-refractivity contribution in [3.05, 3.63) is 75.6 Å². The first-order chi connectivity index (χ1) is 15.3. The van der Waals surface area contributed by atoms with Crippen LogP contribution < -0.4 is 5.56 Å². The largest absolute Gasteiger partial charge is 0.465 e. The van der Waals surface area contributed by atoms with Crippen molar-refractivity contribution in [2.75, 3.05) is 7.11 Å². The fourth-order valence-corrected chi connectivity index (χ4v) is 6.19. The molecule has 1 heterocycles. The van der Waals surface area contributed by atoms with Crippen molar-refractivity contribution in [1.29, 1.82) is 0 Å². The highest BCUT2D eigenvalue weighted by molar-refractivity contribution is 7.89. The quantitative estimate of drug-likeness (QED) is 0.572. The summed E-state index contributed by atoms with van der Waals surface area (Å²) in [6.45, 7) is 1.88. The number of pyridine rings is 1. The summed E-state index contributed by atoms with van der Waals surface area (Å²) in [7, 11) is -2.85. The van der Waals surface area contributed by atoms with Gasteiger partial charge in [-0.05, 0) is 55.0 Å². The lowest BCUT2D eigenvalue weighted by Crippen LogP contribution is -2.40. The molecular weight excluding hydrogens is 428 g/mol. The van der Waals surface area contributed by atoms with Gasteiger partial charge in [0.15, 0.2) is 0 Å². The molecule has 0 unspecified atom stereocenters. The number of nitrogens with zero attached hydrogens (tertiary/aromatic N) is 1. The fourth-order valence-electron chi connectivity index (χ4n) is 4.34. The van der Waals surface area contributed by atoms with Crippen molar-refractivity contribution in [3.8, 4) is 0 Å². The van der Waals surface area contributed by atoms with Crippen LogP contribution >= 0.6 is 0 Å². The molecule has 1 aliphatic carbocycles. The van der Waals surface area contributed by atoms with Gasteiger partial charge in [0, 0.05) is 23.7 Å². The minimum atomic E-state index is -4.07. The number of hydrogen-bond donors (Lipinski definition) is 1. The zero-order valence-electron chi connectivity index (χ0n) is 18.1. The van der Waals surface area contributed by atoms with Crippen LogP contribution in [0, 0.1) is 6.92 Å². The first-order valence-electron chi connectivity index (χ1n) is 10.6. The molecule has 0 bridgehead atoms. The maximum atomic E-state index is 13.8. The van der Waals surface area contributed by atoms with Crippen LogP contribution in [-0.4, -0.2) is 36.8 Å². The van der Waals surface area contributed by atoms with E-state index in [9.17, 15) is 18.0 Å². The number of aryl methyl sites for hydroxylation is 1. The maximum Gasteiger partial charge on any atom is 0.339 e. The Balaban J connectivity index is 1.80. The number of benzene rings is 2. The summed E-state index contributed by atoms with van der Waals surface area (Å²) in [4.78, 5) is 27.8. The number of aromatic nitrogens is 1. The van der Waals surface area contributed by atoms with Crippen LogP contribution in [-0.2, 0) is 21.3 Å². The lowest BCUT2D eigenvalue weighted by Gasteiger charge is -2.28. The zero-order valence-corrected chi connectivity index (χ0v) is 18.9. The number of H-pyrrole nitrogens is 1. The number of ether oxygens (including phenoxy) is 1. The lowest BCUT2D eigenvalue weighted by atomic mass is 10.1. The highest BCUT2D eigenvalue weighted by atomic mass is 32.2. The molecule has 1 fully saturated rings. The van der Waals surface area contributed by atoms with E-state index in [2.05, 4.69) is 4.98 Å². The summed E-state index contributed by atoms with van der Waals surface area (Å²) in [5, 5.41) is 0.837. The standard InChI is InChI=1S/C24H26N2O5S/c1-16-11-12-17-14-18(23(27)25-21(17)13-16)15-26(19-7-3-4-8-19)32(29,30)22-10-6-5-9-20(22)24(28)31-2/h5-6,9-14,19H,3-4,7-8,15H2,1-2H3,(H,25,27). The Morgan fingerprint density at radius 3 is 2.56 bits per heavy atom. The predicted octanol–water partition coefficient (Wildman–Crippen LogP) is 3.76. The third kappa shape index (κ3) is 4.20. The van der Waals surface area contributed by atoms with Crippen molar-refractivity contribution in [2.24, 2.45) is 0 Å². The molecule has 0 saturated heterocycles. The monoisotopic (exact) mass is 454 g/mol. The van der Waals surface area contributed by atoms with Crippen molar-refractivity contribution < 1.29 is 17.9 Å². The van der Waals surface area contributed by atoms with Gasteiger partial charge >= 0.3 is 5.97 Å². The number of carbonyl (C=O) groups is 1. The molecule has 8 heteroatoms. The summed E-state index contributed by atoms with van der Waals surface area (Å²) < 4.78 is 33.8. The van der Waals surface area contributed by atoms with E-state index in [-0.39, 0.29) is 28.6 Å². The molecule has 4 rings (SSSR count). The van der Waals surface area contributed by atoms with E-state index in [1.54, 1.807) is 18.2 Å². The first-order valence-corrected chi connectivity index (χ1v) is 12.1. The van der Waals surface area contributed by atoms with Gasteiger partial charge in [0.05, 0.1) is 17.6 Å². The molecule has 168 valence electrons. The van der Waals surface area contributed by atoms with Crippen LogP contribution in [0.3, 0.4) is 0 Å². The summed E-state index contributed by atoms with van der Waals surface area (Å²) in [5.74, 6) is -0.713. The Morgan fingerprint density at radius 2 is 1.84 bits per heavy atom. The third-order valence-electron chi connectivity index (χ3n) is 6.02. The van der Waals surface area contributed by atoms with E-state index in [1.165, 1.54) is 23.5 Å². The van der Waals surface area contributed by atoms with Gasteiger partial charge in [-0.15, -0.1) is 0 Å². The van der Waals surface area contributed by atoms with Gasteiger partial charge in [0.1, 0.15) is 0 Å². The Bertz CT molecular complexity index is 1320. The normalized spacial score (nSPS) is 14.8. The number of hydrogen-bond acceptors (Lipinski definition) is 5. The Kier molecular flexibility index (Phi) is 6.17. The van der Waals surface area contributed by atoms with Crippen LogP contribution in [0.4, 0.5) is 0 Å². The molecule has 0 amide bonds. The van der Waals surface area contributed by atoms with Crippen LogP contribution in [0.25, 0.3) is 10.9 Å². The molecule has 32 heavy (non-hydrogen) atoms. The smallest absolute Gasteiger partial charge is 0.339 e. The number of esters is 1. The van der Waals surface area contributed by atoms with E-state index in [0.29, 0.717) is 23.9 Å². The average molecular weight is 455 g/mol. The second-order valence-corrected chi connectivity index (χ2v) is 10.0.